The summed E-state index contributed by atoms with van der Waals surface area (Å²) in [5, 5.41) is 19.2. The number of halogens is 1. The molecule has 1 aromatic carbocycles. The molecule has 4 N–H and O–H groups in total. The molecule has 2 atom stereocenters. The minimum atomic E-state index is -0.506. The van der Waals surface area contributed by atoms with Crippen molar-refractivity contribution in [2.45, 2.75) is 63.1 Å². The van der Waals surface area contributed by atoms with Gasteiger partial charge in [-0.3, -0.25) is 19.8 Å². The highest BCUT2D eigenvalue weighted by molar-refractivity contribution is 6.59. The maximum absolute atomic E-state index is 12.1. The van der Waals surface area contributed by atoms with Crippen molar-refractivity contribution in [1.29, 1.82) is 5.41 Å². The van der Waals surface area contributed by atoms with E-state index in [1.54, 1.807) is 0 Å². The van der Waals surface area contributed by atoms with Crippen LogP contribution >= 0.6 is 11.6 Å². The van der Waals surface area contributed by atoms with Crippen molar-refractivity contribution in [2.24, 2.45) is 18.0 Å². The Balaban J connectivity index is 1.41. The predicted molar refractivity (Wildman–Crippen MR) is 142 cm³/mol. The van der Waals surface area contributed by atoms with Crippen molar-refractivity contribution in [3.05, 3.63) is 52.3 Å². The maximum Gasteiger partial charge on any atom is 0.270 e. The predicted octanol–water partition coefficient (Wildman–Crippen LogP) is 2.80. The Kier molecular flexibility index (Phi) is 8.77. The molecule has 0 bridgehead atoms. The zero-order chi connectivity index (χ0) is 25.7. The van der Waals surface area contributed by atoms with Gasteiger partial charge < -0.3 is 15.9 Å². The Hall–Kier alpha value is -2.75. The minimum Gasteiger partial charge on any atom is -0.373 e. The lowest BCUT2D eigenvalue weighted by atomic mass is 9.82. The van der Waals surface area contributed by atoms with Crippen molar-refractivity contribution in [3.63, 3.8) is 0 Å². The van der Waals surface area contributed by atoms with Gasteiger partial charge in [0.25, 0.3) is 5.91 Å². The number of nitrogens with zero attached hydrogens (tertiary/aromatic N) is 4. The van der Waals surface area contributed by atoms with Crippen molar-refractivity contribution in [3.8, 4) is 0 Å². The summed E-state index contributed by atoms with van der Waals surface area (Å²) < 4.78 is 8.14. The van der Waals surface area contributed by atoms with E-state index >= 15 is 0 Å². The van der Waals surface area contributed by atoms with Gasteiger partial charge >= 0.3 is 0 Å². The number of hydrogen-bond donors (Lipinski definition) is 3. The largest absolute Gasteiger partial charge is 0.373 e. The number of carbonyl (C=O) groups is 1. The van der Waals surface area contributed by atoms with E-state index in [1.807, 2.05) is 23.9 Å². The molecule has 2 heterocycles. The first-order valence-electron chi connectivity index (χ1n) is 12.6. The van der Waals surface area contributed by atoms with Gasteiger partial charge in [-0.2, -0.15) is 10.2 Å². The first-order chi connectivity index (χ1) is 17.3. The minimum absolute atomic E-state index is 0.144. The lowest BCUT2D eigenvalue weighted by molar-refractivity contribution is -0.117. The van der Waals surface area contributed by atoms with E-state index < -0.39 is 5.91 Å². The molecule has 10 heteroatoms. The summed E-state index contributed by atoms with van der Waals surface area (Å²) >= 11 is 6.10. The van der Waals surface area contributed by atoms with Crippen LogP contribution in [0.3, 0.4) is 0 Å². The number of amides is 1. The molecule has 9 nitrogen and oxygen atoms in total. The number of carbonyl (C=O) groups excluding carboxylic acids is 1. The Morgan fingerprint density at radius 2 is 2.03 bits per heavy atom. The number of benzene rings is 1. The number of nitrogens with two attached hydrogens (primary N) is 1. The molecule has 1 aromatic heterocycles. The Labute approximate surface area is 217 Å². The van der Waals surface area contributed by atoms with E-state index in [9.17, 15) is 4.79 Å². The van der Waals surface area contributed by atoms with E-state index in [2.05, 4.69) is 40.4 Å². The SMILES string of the molecule is Cc1cc(C2CCC(N3CC(CNC(=O)C(=N)/C=N\N)OCC3Cc3ccc(Cl)cc3)CC2)nn1C. The Morgan fingerprint density at radius 1 is 1.31 bits per heavy atom. The highest BCUT2D eigenvalue weighted by Crippen LogP contribution is 2.36. The quantitative estimate of drug-likeness (QED) is 0.284. The second kappa shape index (κ2) is 12.0. The average Bonchev–Trinajstić information content (AvgIpc) is 3.22. The normalized spacial score (nSPS) is 25.2. The van der Waals surface area contributed by atoms with Gasteiger partial charge in [0, 0.05) is 48.9 Å². The van der Waals surface area contributed by atoms with Crippen LogP contribution in [0.15, 0.2) is 35.4 Å². The van der Waals surface area contributed by atoms with Gasteiger partial charge in [-0.25, -0.2) is 0 Å². The lowest BCUT2D eigenvalue weighted by Crippen LogP contribution is -2.57. The molecular formula is C26H36ClN7O2. The van der Waals surface area contributed by atoms with Crippen LogP contribution < -0.4 is 11.2 Å². The first-order valence-corrected chi connectivity index (χ1v) is 12.9. The van der Waals surface area contributed by atoms with Crippen LogP contribution in [0.2, 0.25) is 5.02 Å². The van der Waals surface area contributed by atoms with Crippen LogP contribution in [0.25, 0.3) is 0 Å². The number of nitrogens with one attached hydrogen (secondary N) is 2. The van der Waals surface area contributed by atoms with Gasteiger partial charge in [-0.15, -0.1) is 0 Å². The van der Waals surface area contributed by atoms with Crippen molar-refractivity contribution in [1.82, 2.24) is 20.0 Å². The summed E-state index contributed by atoms with van der Waals surface area (Å²) in [6.45, 7) is 3.76. The van der Waals surface area contributed by atoms with Crippen LogP contribution in [0.1, 0.15) is 48.6 Å². The topological polar surface area (TPSA) is 122 Å². The third-order valence-electron chi connectivity index (χ3n) is 7.45. The van der Waals surface area contributed by atoms with Crippen LogP contribution in [-0.4, -0.2) is 70.4 Å². The van der Waals surface area contributed by atoms with E-state index in [0.29, 0.717) is 25.1 Å². The molecule has 194 valence electrons. The summed E-state index contributed by atoms with van der Waals surface area (Å²) in [6.07, 6.45) is 6.21. The molecule has 1 saturated heterocycles. The van der Waals surface area contributed by atoms with Crippen molar-refractivity contribution in [2.75, 3.05) is 19.7 Å². The number of rotatable bonds is 8. The van der Waals surface area contributed by atoms with Crippen LogP contribution in [0.4, 0.5) is 0 Å². The Bertz CT molecular complexity index is 1060. The van der Waals surface area contributed by atoms with Gasteiger partial charge in [0.1, 0.15) is 5.71 Å². The molecular weight excluding hydrogens is 478 g/mol. The van der Waals surface area contributed by atoms with Crippen LogP contribution in [-0.2, 0) is 23.0 Å². The van der Waals surface area contributed by atoms with Crippen molar-refractivity contribution < 1.29 is 9.53 Å². The van der Waals surface area contributed by atoms with Gasteiger partial charge in [-0.1, -0.05) is 23.7 Å². The van der Waals surface area contributed by atoms with E-state index in [0.717, 1.165) is 49.9 Å². The molecule has 0 spiro atoms. The fourth-order valence-electron chi connectivity index (χ4n) is 5.35. The van der Waals surface area contributed by atoms with Gasteiger partial charge in [0.15, 0.2) is 0 Å². The number of hydrogen-bond acceptors (Lipinski definition) is 7. The van der Waals surface area contributed by atoms with Crippen molar-refractivity contribution >= 4 is 29.4 Å². The molecule has 1 aliphatic carbocycles. The third kappa shape index (κ3) is 6.52. The van der Waals surface area contributed by atoms with Gasteiger partial charge in [-0.05, 0) is 62.8 Å². The summed E-state index contributed by atoms with van der Waals surface area (Å²) in [6, 6.07) is 10.9. The zero-order valence-electron chi connectivity index (χ0n) is 21.0. The molecule has 36 heavy (non-hydrogen) atoms. The number of ether oxygens (including phenoxy) is 1. The number of morpholine rings is 1. The third-order valence-corrected chi connectivity index (χ3v) is 7.70. The lowest BCUT2D eigenvalue weighted by Gasteiger charge is -2.46. The second-order valence-corrected chi connectivity index (χ2v) is 10.3. The van der Waals surface area contributed by atoms with E-state index in [1.165, 1.54) is 17.0 Å². The zero-order valence-corrected chi connectivity index (χ0v) is 21.7. The summed E-state index contributed by atoms with van der Waals surface area (Å²) in [4.78, 5) is 14.7. The van der Waals surface area contributed by atoms with Crippen LogP contribution in [0.5, 0.6) is 0 Å². The molecule has 0 radical (unpaired) electrons. The molecule has 2 fully saturated rings. The molecule has 1 aliphatic heterocycles. The molecule has 2 aliphatic rings. The second-order valence-electron chi connectivity index (χ2n) is 9.88. The Morgan fingerprint density at radius 3 is 2.67 bits per heavy atom. The molecule has 2 aromatic rings. The summed E-state index contributed by atoms with van der Waals surface area (Å²) in [5.41, 5.74) is 3.36. The monoisotopic (exact) mass is 513 g/mol. The summed E-state index contributed by atoms with van der Waals surface area (Å²) in [7, 11) is 2.00. The highest BCUT2D eigenvalue weighted by Gasteiger charge is 2.36. The smallest absolute Gasteiger partial charge is 0.270 e. The average molecular weight is 514 g/mol. The molecule has 2 unspecified atom stereocenters. The van der Waals surface area contributed by atoms with E-state index in [-0.39, 0.29) is 17.9 Å². The highest BCUT2D eigenvalue weighted by atomic mass is 35.5. The number of aryl methyl sites for hydroxylation is 2. The molecule has 1 amide bonds. The van der Waals surface area contributed by atoms with Gasteiger partial charge in [0.2, 0.25) is 0 Å². The van der Waals surface area contributed by atoms with Crippen LogP contribution in [0, 0.1) is 12.3 Å². The fraction of sp³-hybridized carbons (Fsp3) is 0.538. The van der Waals surface area contributed by atoms with Gasteiger partial charge in [0.05, 0.1) is 24.6 Å². The fourth-order valence-corrected chi connectivity index (χ4v) is 5.47. The molecule has 4 rings (SSSR count). The summed E-state index contributed by atoms with van der Waals surface area (Å²) in [5.74, 6) is 5.05. The first kappa shape index (κ1) is 26.3. The number of aromatic nitrogens is 2. The number of hydrazone groups is 1. The molecule has 1 saturated carbocycles. The van der Waals surface area contributed by atoms with E-state index in [4.69, 9.17) is 32.7 Å². The standard InChI is InChI=1S/C26H36ClN7O2/c1-17-11-25(32-33(17)2)19-5-9-21(10-6-19)34-15-23(13-30-26(35)24(28)14-31-29)36-16-22(34)12-18-3-7-20(27)8-4-18/h3-4,7-8,11,14,19,21-23,28H,5-6,9-10,12-13,15-16,29H2,1-2H3,(H,30,35)/b28-24?,31-14-. The maximum atomic E-state index is 12.1.